The average molecular weight is 387 g/mol. The van der Waals surface area contributed by atoms with Gasteiger partial charge in [0, 0.05) is 12.2 Å². The zero-order valence-corrected chi connectivity index (χ0v) is 16.6. The molecule has 0 aromatic heterocycles. The van der Waals surface area contributed by atoms with Crippen LogP contribution in [0.3, 0.4) is 0 Å². The minimum atomic E-state index is -0.579. The summed E-state index contributed by atoms with van der Waals surface area (Å²) in [6.07, 6.45) is 4.71. The Bertz CT molecular complexity index is 739. The van der Waals surface area contributed by atoms with Crippen molar-refractivity contribution in [3.8, 4) is 5.75 Å². The highest BCUT2D eigenvalue weighted by Crippen LogP contribution is 2.30. The van der Waals surface area contributed by atoms with Crippen molar-refractivity contribution in [3.05, 3.63) is 41.1 Å². The molecule has 0 bridgehead atoms. The summed E-state index contributed by atoms with van der Waals surface area (Å²) in [6.45, 7) is 4.52. The molecule has 0 saturated carbocycles. The van der Waals surface area contributed by atoms with Crippen molar-refractivity contribution < 1.29 is 19.1 Å². The number of esters is 1. The van der Waals surface area contributed by atoms with E-state index < -0.39 is 12.0 Å². The Hall–Kier alpha value is -2.54. The van der Waals surface area contributed by atoms with E-state index in [1.807, 2.05) is 24.3 Å². The maximum atomic E-state index is 12.8. The number of nitrogens with one attached hydrogen (secondary N) is 2. The second kappa shape index (κ2) is 9.59. The Balaban J connectivity index is 1.98. The number of hydrogen-bond acceptors (Lipinski definition) is 5. The molecule has 2 aliphatic rings. The highest BCUT2D eigenvalue weighted by Gasteiger charge is 2.34. The van der Waals surface area contributed by atoms with E-state index in [9.17, 15) is 9.59 Å². The van der Waals surface area contributed by atoms with E-state index >= 15 is 0 Å². The second-order valence-electron chi connectivity index (χ2n) is 7.11. The molecule has 3 rings (SSSR count). The van der Waals surface area contributed by atoms with Gasteiger partial charge < -0.3 is 20.1 Å². The SMILES string of the molecule is CCOC(=O)C1=C(CN2CCCCCC2)NC(=O)NC1c1cccc(OC)c1. The molecule has 0 spiro atoms. The van der Waals surface area contributed by atoms with E-state index in [1.54, 1.807) is 14.0 Å². The molecule has 1 aromatic rings. The lowest BCUT2D eigenvalue weighted by Gasteiger charge is -2.32. The van der Waals surface area contributed by atoms with Gasteiger partial charge in [0.25, 0.3) is 0 Å². The molecule has 2 aliphatic heterocycles. The smallest absolute Gasteiger partial charge is 0.338 e. The number of urea groups is 1. The lowest BCUT2D eigenvalue weighted by molar-refractivity contribution is -0.139. The molecule has 1 aromatic carbocycles. The lowest BCUT2D eigenvalue weighted by Crippen LogP contribution is -2.48. The molecule has 2 heterocycles. The Morgan fingerprint density at radius 2 is 1.96 bits per heavy atom. The third kappa shape index (κ3) is 4.84. The number of nitrogens with zero attached hydrogens (tertiary/aromatic N) is 1. The molecule has 2 amide bonds. The van der Waals surface area contributed by atoms with E-state index in [0.29, 0.717) is 23.6 Å². The zero-order valence-electron chi connectivity index (χ0n) is 16.6. The predicted octanol–water partition coefficient (Wildman–Crippen LogP) is 2.74. The van der Waals surface area contributed by atoms with Gasteiger partial charge in [0.1, 0.15) is 5.75 Å². The predicted molar refractivity (Wildman–Crippen MR) is 106 cm³/mol. The fourth-order valence-corrected chi connectivity index (χ4v) is 3.78. The molecule has 1 unspecified atom stereocenters. The molecule has 1 saturated heterocycles. The van der Waals surface area contributed by atoms with Crippen molar-refractivity contribution in [1.82, 2.24) is 15.5 Å². The summed E-state index contributed by atoms with van der Waals surface area (Å²) in [5.74, 6) is 0.259. The molecule has 7 nitrogen and oxygen atoms in total. The van der Waals surface area contributed by atoms with Crippen LogP contribution in [0, 0.1) is 0 Å². The quantitative estimate of drug-likeness (QED) is 0.734. The normalized spacial score (nSPS) is 20.8. The molecule has 1 fully saturated rings. The Labute approximate surface area is 166 Å². The van der Waals surface area contributed by atoms with Crippen LogP contribution in [0.1, 0.15) is 44.2 Å². The van der Waals surface area contributed by atoms with Crippen LogP contribution in [0.15, 0.2) is 35.5 Å². The topological polar surface area (TPSA) is 79.9 Å². The molecule has 0 aliphatic carbocycles. The number of likely N-dealkylation sites (tertiary alicyclic amines) is 1. The third-order valence-corrected chi connectivity index (χ3v) is 5.16. The van der Waals surface area contributed by atoms with E-state index in [0.717, 1.165) is 31.5 Å². The molecule has 1 atom stereocenters. The van der Waals surface area contributed by atoms with Gasteiger partial charge in [-0.3, -0.25) is 4.90 Å². The van der Waals surface area contributed by atoms with Crippen LogP contribution in [0.25, 0.3) is 0 Å². The summed E-state index contributed by atoms with van der Waals surface area (Å²) in [7, 11) is 1.59. The maximum absolute atomic E-state index is 12.8. The first-order valence-electron chi connectivity index (χ1n) is 9.96. The summed E-state index contributed by atoms with van der Waals surface area (Å²) in [5.41, 5.74) is 1.86. The number of hydrogen-bond donors (Lipinski definition) is 2. The zero-order chi connectivity index (χ0) is 19.9. The molecule has 28 heavy (non-hydrogen) atoms. The largest absolute Gasteiger partial charge is 0.497 e. The summed E-state index contributed by atoms with van der Waals surface area (Å²) in [6, 6.07) is 6.49. The second-order valence-corrected chi connectivity index (χ2v) is 7.11. The number of carbonyl (C=O) groups excluding carboxylic acids is 2. The Kier molecular flexibility index (Phi) is 6.92. The van der Waals surface area contributed by atoms with Crippen LogP contribution < -0.4 is 15.4 Å². The van der Waals surface area contributed by atoms with Crippen LogP contribution in [0.4, 0.5) is 4.79 Å². The molecular formula is C21H29N3O4. The maximum Gasteiger partial charge on any atom is 0.338 e. The van der Waals surface area contributed by atoms with Gasteiger partial charge in [0.15, 0.2) is 0 Å². The monoisotopic (exact) mass is 387 g/mol. The first-order chi connectivity index (χ1) is 13.6. The number of methoxy groups -OCH3 is 1. The van der Waals surface area contributed by atoms with Gasteiger partial charge in [-0.1, -0.05) is 25.0 Å². The number of benzene rings is 1. The highest BCUT2D eigenvalue weighted by atomic mass is 16.5. The van der Waals surface area contributed by atoms with Gasteiger partial charge in [-0.25, -0.2) is 9.59 Å². The summed E-state index contributed by atoms with van der Waals surface area (Å²) in [4.78, 5) is 27.5. The van der Waals surface area contributed by atoms with Crippen molar-refractivity contribution in [3.63, 3.8) is 0 Å². The van der Waals surface area contributed by atoms with Gasteiger partial charge in [-0.05, 0) is 50.6 Å². The van der Waals surface area contributed by atoms with Gasteiger partial charge in [0.2, 0.25) is 0 Å². The fourth-order valence-electron chi connectivity index (χ4n) is 3.78. The van der Waals surface area contributed by atoms with Crippen molar-refractivity contribution >= 4 is 12.0 Å². The molecule has 0 radical (unpaired) electrons. The summed E-state index contributed by atoms with van der Waals surface area (Å²) >= 11 is 0. The molecule has 7 heteroatoms. The van der Waals surface area contributed by atoms with Crippen LogP contribution in [-0.2, 0) is 9.53 Å². The van der Waals surface area contributed by atoms with Crippen LogP contribution >= 0.6 is 0 Å². The summed E-state index contributed by atoms with van der Waals surface area (Å²) in [5, 5.41) is 5.73. The van der Waals surface area contributed by atoms with E-state index in [-0.39, 0.29) is 12.6 Å². The first-order valence-corrected chi connectivity index (χ1v) is 9.96. The van der Waals surface area contributed by atoms with Crippen molar-refractivity contribution in [2.45, 2.75) is 38.6 Å². The number of amides is 2. The Morgan fingerprint density at radius 1 is 1.21 bits per heavy atom. The van der Waals surface area contributed by atoms with Gasteiger partial charge in [-0.15, -0.1) is 0 Å². The minimum Gasteiger partial charge on any atom is -0.497 e. The van der Waals surface area contributed by atoms with Crippen molar-refractivity contribution in [1.29, 1.82) is 0 Å². The van der Waals surface area contributed by atoms with Crippen LogP contribution in [0.2, 0.25) is 0 Å². The average Bonchev–Trinajstić information content (AvgIpc) is 2.96. The van der Waals surface area contributed by atoms with Gasteiger partial charge in [0.05, 0.1) is 25.3 Å². The molecule has 2 N–H and O–H groups in total. The highest BCUT2D eigenvalue weighted by molar-refractivity contribution is 5.95. The Morgan fingerprint density at radius 3 is 2.64 bits per heavy atom. The van der Waals surface area contributed by atoms with E-state index in [1.165, 1.54) is 12.8 Å². The lowest BCUT2D eigenvalue weighted by atomic mass is 9.94. The molecule has 152 valence electrons. The fraction of sp³-hybridized carbons (Fsp3) is 0.524. The van der Waals surface area contributed by atoms with E-state index in [2.05, 4.69) is 15.5 Å². The van der Waals surface area contributed by atoms with Gasteiger partial charge >= 0.3 is 12.0 Å². The summed E-state index contributed by atoms with van der Waals surface area (Å²) < 4.78 is 10.6. The minimum absolute atomic E-state index is 0.276. The first kappa shape index (κ1) is 20.2. The van der Waals surface area contributed by atoms with E-state index in [4.69, 9.17) is 9.47 Å². The number of rotatable bonds is 6. The number of carbonyl (C=O) groups is 2. The standard InChI is InChI=1S/C21H29N3O4/c1-3-28-20(25)18-17(14-24-11-6-4-5-7-12-24)22-21(26)23-19(18)15-9-8-10-16(13-15)27-2/h8-10,13,19H,3-7,11-12,14H2,1-2H3,(H2,22,23,26). The van der Waals surface area contributed by atoms with Gasteiger partial charge in [-0.2, -0.15) is 0 Å². The van der Waals surface area contributed by atoms with Crippen LogP contribution in [0.5, 0.6) is 5.75 Å². The van der Waals surface area contributed by atoms with Crippen LogP contribution in [-0.4, -0.2) is 50.3 Å². The van der Waals surface area contributed by atoms with Crippen molar-refractivity contribution in [2.24, 2.45) is 0 Å². The third-order valence-electron chi connectivity index (χ3n) is 5.16. The van der Waals surface area contributed by atoms with Crippen molar-refractivity contribution in [2.75, 3.05) is 33.4 Å². The number of ether oxygens (including phenoxy) is 2. The molecular weight excluding hydrogens is 358 g/mol.